The number of methoxy groups -OCH3 is 2. The molecular formula is C45H76N6O10. The van der Waals surface area contributed by atoms with Crippen LogP contribution in [0.25, 0.3) is 0 Å². The highest BCUT2D eigenvalue weighted by Gasteiger charge is 2.43. The number of hydrogen-bond donors (Lipinski definition) is 4. The maximum Gasteiger partial charge on any atom is 0.326 e. The van der Waals surface area contributed by atoms with Gasteiger partial charge in [-0.2, -0.15) is 0 Å². The lowest BCUT2D eigenvalue weighted by Gasteiger charge is -2.41. The summed E-state index contributed by atoms with van der Waals surface area (Å²) in [6, 6.07) is 5.17. The zero-order valence-corrected chi connectivity index (χ0v) is 38.6. The first-order chi connectivity index (χ1) is 28.9. The van der Waals surface area contributed by atoms with Crippen molar-refractivity contribution in [2.45, 2.75) is 149 Å². The van der Waals surface area contributed by atoms with Gasteiger partial charge in [-0.15, -0.1) is 0 Å². The Morgan fingerprint density at radius 1 is 0.885 bits per heavy atom. The second kappa shape index (κ2) is 26.4. The second-order valence-corrected chi connectivity index (χ2v) is 17.3. The van der Waals surface area contributed by atoms with Crippen molar-refractivity contribution in [3.8, 4) is 0 Å². The number of carboxylic acid groups (broad SMARTS) is 1. The van der Waals surface area contributed by atoms with Gasteiger partial charge in [0.25, 0.3) is 0 Å². The molecule has 1 aromatic rings. The summed E-state index contributed by atoms with van der Waals surface area (Å²) in [5.74, 6) is 0.865. The van der Waals surface area contributed by atoms with Crippen molar-refractivity contribution in [1.29, 1.82) is 0 Å². The Morgan fingerprint density at radius 2 is 1.54 bits per heavy atom. The number of amides is 5. The van der Waals surface area contributed by atoms with Crippen molar-refractivity contribution in [1.82, 2.24) is 25.3 Å². The number of carboxylic acids is 1. The number of likely N-dealkylation sites (tertiary alicyclic amines) is 1. The van der Waals surface area contributed by atoms with Crippen LogP contribution in [0.1, 0.15) is 105 Å². The molecule has 1 aliphatic heterocycles. The summed E-state index contributed by atoms with van der Waals surface area (Å²) in [5.41, 5.74) is 0.771. The minimum atomic E-state index is -1.15. The molecule has 0 aliphatic carbocycles. The van der Waals surface area contributed by atoms with Crippen LogP contribution >= 0.6 is 0 Å². The van der Waals surface area contributed by atoms with Crippen LogP contribution in [0.15, 0.2) is 30.3 Å². The van der Waals surface area contributed by atoms with E-state index >= 15 is 0 Å². The Bertz CT molecular complexity index is 1550. The number of aliphatic carboxylic acids is 1. The molecule has 9 atom stereocenters. The molecule has 2 rings (SSSR count). The summed E-state index contributed by atoms with van der Waals surface area (Å²) in [5, 5.41) is 15.6. The number of rotatable bonds is 27. The Balaban J connectivity index is 2.26. The van der Waals surface area contributed by atoms with Crippen LogP contribution in [0.4, 0.5) is 0 Å². The molecule has 5 N–H and O–H groups in total. The highest BCUT2D eigenvalue weighted by atomic mass is 16.6. The maximum absolute atomic E-state index is 14.5. The number of hydrogen-bond acceptors (Lipinski definition) is 10. The molecule has 346 valence electrons. The molecule has 61 heavy (non-hydrogen) atoms. The Labute approximate surface area is 363 Å². The highest BCUT2D eigenvalue weighted by Crippen LogP contribution is 2.30. The third-order valence-corrected chi connectivity index (χ3v) is 12.2. The minimum absolute atomic E-state index is 0.0604. The Hall–Kier alpha value is -4.12. The van der Waals surface area contributed by atoms with Crippen molar-refractivity contribution in [3.05, 3.63) is 35.9 Å². The van der Waals surface area contributed by atoms with E-state index in [9.17, 15) is 33.9 Å². The lowest BCUT2D eigenvalue weighted by molar-refractivity contribution is -0.149. The Kier molecular flexibility index (Phi) is 22.9. The van der Waals surface area contributed by atoms with E-state index in [0.29, 0.717) is 38.8 Å². The van der Waals surface area contributed by atoms with Crippen molar-refractivity contribution < 1.29 is 48.2 Å². The van der Waals surface area contributed by atoms with Gasteiger partial charge in [0, 0.05) is 47.7 Å². The SMILES string of the molecule is CC[C@H](C)[C@@H]([C@H](CC(=O)N1CCCC1[C@H](OC)[C@@H](C)C(=O)N[C@@H](Cc1ccccc1)C(=O)O)OC)N(C)C(=O)[C@@H](NC(=O)[C@H](C(C)C)N(C)C(=O)CCCCCON)C(C)C. The van der Waals surface area contributed by atoms with Crippen molar-refractivity contribution in [3.63, 3.8) is 0 Å². The molecule has 0 saturated carbocycles. The lowest BCUT2D eigenvalue weighted by atomic mass is 9.89. The molecule has 16 heteroatoms. The summed E-state index contributed by atoms with van der Waals surface area (Å²) in [6.45, 7) is 13.9. The van der Waals surface area contributed by atoms with Crippen LogP contribution in [0, 0.1) is 23.7 Å². The number of nitrogens with zero attached hydrogens (tertiary/aromatic N) is 3. The Morgan fingerprint density at radius 3 is 2.08 bits per heavy atom. The van der Waals surface area contributed by atoms with E-state index in [0.717, 1.165) is 18.4 Å². The molecule has 1 heterocycles. The molecule has 1 aliphatic rings. The van der Waals surface area contributed by atoms with E-state index < -0.39 is 66.1 Å². The minimum Gasteiger partial charge on any atom is -0.480 e. The summed E-state index contributed by atoms with van der Waals surface area (Å²) in [7, 11) is 6.28. The van der Waals surface area contributed by atoms with Crippen molar-refractivity contribution >= 4 is 35.5 Å². The van der Waals surface area contributed by atoms with E-state index in [-0.39, 0.29) is 54.7 Å². The second-order valence-electron chi connectivity index (χ2n) is 17.3. The number of carbonyl (C=O) groups is 6. The standard InChI is InChI=1S/C45H76N6O10/c1-12-30(6)40(50(9)44(56)38(28(2)3)48-43(55)39(29(4)5)49(8)36(52)23-17-14-18-25-61-46)35(59-10)27-37(53)51-24-19-22-34(51)41(60-11)31(7)42(54)47-33(45(57)58)26-32-20-15-13-16-21-32/h13,15-16,20-21,28-31,33-35,38-41H,12,14,17-19,22-27,46H2,1-11H3,(H,47,54)(H,48,55)(H,57,58)/t30-,31+,33-,34?,35-,38-,39-,40-,41+/m0/s1. The van der Waals surface area contributed by atoms with Gasteiger partial charge in [0.1, 0.15) is 18.1 Å². The van der Waals surface area contributed by atoms with Crippen LogP contribution in [-0.4, -0.2) is 139 Å². The van der Waals surface area contributed by atoms with E-state index in [1.54, 1.807) is 43.0 Å². The monoisotopic (exact) mass is 861 g/mol. The van der Waals surface area contributed by atoms with Gasteiger partial charge in [-0.3, -0.25) is 24.0 Å². The number of ether oxygens (including phenoxy) is 2. The molecule has 5 amide bonds. The summed E-state index contributed by atoms with van der Waals surface area (Å²) >= 11 is 0. The van der Waals surface area contributed by atoms with E-state index in [1.165, 1.54) is 19.1 Å². The predicted molar refractivity (Wildman–Crippen MR) is 233 cm³/mol. The average Bonchev–Trinajstić information content (AvgIpc) is 3.71. The van der Waals surface area contributed by atoms with Crippen LogP contribution in [-0.2, 0) is 49.5 Å². The zero-order valence-electron chi connectivity index (χ0n) is 38.6. The van der Waals surface area contributed by atoms with Gasteiger partial charge in [0.05, 0.1) is 43.2 Å². The van der Waals surface area contributed by atoms with E-state index in [4.69, 9.17) is 15.4 Å². The molecule has 1 unspecified atom stereocenters. The predicted octanol–water partition coefficient (Wildman–Crippen LogP) is 3.79. The molecule has 1 fully saturated rings. The molecule has 1 aromatic carbocycles. The summed E-state index contributed by atoms with van der Waals surface area (Å²) in [4.78, 5) is 90.9. The molecular weight excluding hydrogens is 785 g/mol. The molecule has 0 bridgehead atoms. The number of nitrogens with two attached hydrogens (primary N) is 1. The number of likely N-dealkylation sites (N-methyl/N-ethyl adjacent to an activating group) is 2. The first kappa shape index (κ1) is 53.0. The van der Waals surface area contributed by atoms with Gasteiger partial charge in [-0.1, -0.05) is 91.6 Å². The fourth-order valence-electron chi connectivity index (χ4n) is 8.53. The first-order valence-electron chi connectivity index (χ1n) is 21.9. The number of benzene rings is 1. The van der Waals surface area contributed by atoms with Crippen LogP contribution in [0.3, 0.4) is 0 Å². The van der Waals surface area contributed by atoms with Crippen LogP contribution in [0.5, 0.6) is 0 Å². The number of unbranched alkanes of at least 4 members (excludes halogenated alkanes) is 2. The van der Waals surface area contributed by atoms with Gasteiger partial charge < -0.3 is 44.8 Å². The van der Waals surface area contributed by atoms with E-state index in [1.807, 2.05) is 59.7 Å². The third kappa shape index (κ3) is 15.3. The fourth-order valence-corrected chi connectivity index (χ4v) is 8.53. The molecule has 0 spiro atoms. The molecule has 16 nitrogen and oxygen atoms in total. The zero-order chi connectivity index (χ0) is 46.0. The molecule has 1 saturated heterocycles. The van der Waals surface area contributed by atoms with E-state index in [2.05, 4.69) is 15.5 Å². The van der Waals surface area contributed by atoms with Crippen LogP contribution < -0.4 is 16.5 Å². The summed E-state index contributed by atoms with van der Waals surface area (Å²) < 4.78 is 11.9. The highest BCUT2D eigenvalue weighted by molar-refractivity contribution is 5.92. The van der Waals surface area contributed by atoms with Crippen molar-refractivity contribution in [2.24, 2.45) is 29.6 Å². The lowest BCUT2D eigenvalue weighted by Crippen LogP contribution is -2.60. The fraction of sp³-hybridized carbons (Fsp3) is 0.733. The largest absolute Gasteiger partial charge is 0.480 e. The van der Waals surface area contributed by atoms with Crippen molar-refractivity contribution in [2.75, 3.05) is 41.5 Å². The summed E-state index contributed by atoms with van der Waals surface area (Å²) in [6.07, 6.45) is 2.92. The number of carbonyl (C=O) groups excluding carboxylic acids is 5. The molecule has 0 aromatic heterocycles. The molecule has 0 radical (unpaired) electrons. The normalized spacial score (nSPS) is 18.1. The maximum atomic E-state index is 14.5. The van der Waals surface area contributed by atoms with Gasteiger partial charge in [0.2, 0.25) is 29.5 Å². The van der Waals surface area contributed by atoms with Gasteiger partial charge in [-0.25, -0.2) is 10.7 Å². The smallest absolute Gasteiger partial charge is 0.326 e. The quantitative estimate of drug-likeness (QED) is 0.0739. The first-order valence-corrected chi connectivity index (χ1v) is 21.9. The van der Waals surface area contributed by atoms with Gasteiger partial charge >= 0.3 is 5.97 Å². The van der Waals surface area contributed by atoms with Gasteiger partial charge in [0.15, 0.2) is 0 Å². The topological polar surface area (TPSA) is 210 Å². The average molecular weight is 861 g/mol. The third-order valence-electron chi connectivity index (χ3n) is 12.2. The van der Waals surface area contributed by atoms with Gasteiger partial charge in [-0.05, 0) is 49.0 Å². The number of nitrogens with one attached hydrogen (secondary N) is 2. The van der Waals surface area contributed by atoms with Crippen LogP contribution in [0.2, 0.25) is 0 Å².